The van der Waals surface area contributed by atoms with E-state index in [0.717, 1.165) is 0 Å². The first-order valence-corrected chi connectivity index (χ1v) is 4.81. The lowest BCUT2D eigenvalue weighted by Gasteiger charge is -1.99. The molecule has 0 aliphatic carbocycles. The summed E-state index contributed by atoms with van der Waals surface area (Å²) in [7, 11) is 0. The van der Waals surface area contributed by atoms with E-state index >= 15 is 0 Å². The van der Waals surface area contributed by atoms with Gasteiger partial charge < -0.3 is 5.11 Å². The van der Waals surface area contributed by atoms with Gasteiger partial charge in [-0.15, -0.1) is 0 Å². The second-order valence-corrected chi connectivity index (χ2v) is 3.37. The summed E-state index contributed by atoms with van der Waals surface area (Å²) < 4.78 is 0. The predicted octanol–water partition coefficient (Wildman–Crippen LogP) is 2.98. The van der Waals surface area contributed by atoms with Gasteiger partial charge in [-0.25, -0.2) is 0 Å². The molecule has 0 saturated heterocycles. The molecule has 0 atom stereocenters. The molecule has 1 aromatic rings. The van der Waals surface area contributed by atoms with Crippen molar-refractivity contribution in [2.75, 3.05) is 5.75 Å². The number of aromatic hydroxyl groups is 1. The maximum absolute atomic E-state index is 9.17. The summed E-state index contributed by atoms with van der Waals surface area (Å²) in [6.07, 6.45) is 0. The zero-order chi connectivity index (χ0) is 9.84. The van der Waals surface area contributed by atoms with Gasteiger partial charge in [0.15, 0.2) is 0 Å². The number of rotatable bonds is 0. The molecular weight excluding hydrogens is 227 g/mol. The fraction of sp³-hybridized carbons (Fsp3) is 0.111. The lowest BCUT2D eigenvalue weighted by Crippen LogP contribution is -1.78. The Balaban J connectivity index is 3.16. The van der Waals surface area contributed by atoms with E-state index in [9.17, 15) is 5.11 Å². The Hall–Kier alpha value is -0.490. The van der Waals surface area contributed by atoms with Crippen molar-refractivity contribution in [2.45, 2.75) is 0 Å². The van der Waals surface area contributed by atoms with Crippen LogP contribution in [0.3, 0.4) is 0 Å². The van der Waals surface area contributed by atoms with Crippen LogP contribution < -0.4 is 0 Å². The largest absolute Gasteiger partial charge is 0.506 e. The molecule has 4 heteroatoms. The first kappa shape index (κ1) is 10.6. The molecule has 0 aliphatic rings. The van der Waals surface area contributed by atoms with E-state index in [2.05, 4.69) is 24.5 Å². The molecule has 13 heavy (non-hydrogen) atoms. The number of benzene rings is 1. The van der Waals surface area contributed by atoms with Gasteiger partial charge in [0.25, 0.3) is 0 Å². The fourth-order valence-corrected chi connectivity index (χ4v) is 1.21. The molecule has 0 saturated carbocycles. The highest BCUT2D eigenvalue weighted by Gasteiger charge is 2.03. The van der Waals surface area contributed by atoms with Gasteiger partial charge in [0.2, 0.25) is 0 Å². The lowest BCUT2D eigenvalue weighted by atomic mass is 10.2. The maximum Gasteiger partial charge on any atom is 0.135 e. The molecule has 1 N–H and O–H groups in total. The fourth-order valence-electron chi connectivity index (χ4n) is 0.767. The minimum atomic E-state index is -0.0388. The minimum Gasteiger partial charge on any atom is -0.506 e. The van der Waals surface area contributed by atoms with Crippen LogP contribution in [0.1, 0.15) is 5.56 Å². The summed E-state index contributed by atoms with van der Waals surface area (Å²) in [5.74, 6) is 5.93. The lowest BCUT2D eigenvalue weighted by molar-refractivity contribution is 0.475. The molecule has 0 aliphatic heterocycles. The minimum absolute atomic E-state index is 0.0388. The van der Waals surface area contributed by atoms with Gasteiger partial charge in [-0.3, -0.25) is 0 Å². The molecule has 1 nitrogen and oxygen atoms in total. The number of hydrogen-bond acceptors (Lipinski definition) is 2. The standard InChI is InChI=1S/C9H6Cl2OS/c10-7-5-9(12)8(11)4-6(7)2-1-3-13/h4-5,12-13H,3H2. The Kier molecular flexibility index (Phi) is 3.80. The van der Waals surface area contributed by atoms with Crippen LogP contribution >= 0.6 is 35.8 Å². The Bertz CT molecular complexity index is 379. The van der Waals surface area contributed by atoms with E-state index in [-0.39, 0.29) is 10.8 Å². The molecule has 0 amide bonds. The van der Waals surface area contributed by atoms with Crippen LogP contribution in [0.15, 0.2) is 12.1 Å². The smallest absolute Gasteiger partial charge is 0.135 e. The Morgan fingerprint density at radius 2 is 2.00 bits per heavy atom. The summed E-state index contributed by atoms with van der Waals surface area (Å²) in [5.41, 5.74) is 0.596. The van der Waals surface area contributed by atoms with Crippen molar-refractivity contribution < 1.29 is 5.11 Å². The van der Waals surface area contributed by atoms with Gasteiger partial charge in [0.05, 0.1) is 15.8 Å². The number of thiol groups is 1. The van der Waals surface area contributed by atoms with Crippen molar-refractivity contribution >= 4 is 35.8 Å². The monoisotopic (exact) mass is 232 g/mol. The van der Waals surface area contributed by atoms with Crippen LogP contribution in [0, 0.1) is 11.8 Å². The molecule has 1 rings (SSSR count). The number of phenolic OH excluding ortho intramolecular Hbond substituents is 1. The van der Waals surface area contributed by atoms with Crippen molar-refractivity contribution in [3.05, 3.63) is 27.7 Å². The zero-order valence-electron chi connectivity index (χ0n) is 6.51. The molecule has 0 spiro atoms. The molecule has 0 heterocycles. The summed E-state index contributed by atoms with van der Waals surface area (Å²) in [6.45, 7) is 0. The van der Waals surface area contributed by atoms with Crippen molar-refractivity contribution in [3.8, 4) is 17.6 Å². The molecular formula is C9H6Cl2OS. The van der Waals surface area contributed by atoms with Gasteiger partial charge in [-0.2, -0.15) is 12.6 Å². The predicted molar refractivity (Wildman–Crippen MR) is 58.9 cm³/mol. The molecule has 68 valence electrons. The van der Waals surface area contributed by atoms with E-state index in [1.165, 1.54) is 12.1 Å². The van der Waals surface area contributed by atoms with E-state index in [0.29, 0.717) is 16.3 Å². The van der Waals surface area contributed by atoms with E-state index in [1.54, 1.807) is 0 Å². The highest BCUT2D eigenvalue weighted by Crippen LogP contribution is 2.29. The molecule has 0 bridgehead atoms. The number of halogens is 2. The molecule has 0 aromatic heterocycles. The van der Waals surface area contributed by atoms with Crippen LogP contribution in [0.4, 0.5) is 0 Å². The average Bonchev–Trinajstić information content (AvgIpc) is 2.09. The Morgan fingerprint density at radius 3 is 2.62 bits per heavy atom. The first-order chi connectivity index (χ1) is 6.15. The molecule has 0 radical (unpaired) electrons. The van der Waals surface area contributed by atoms with Gasteiger partial charge >= 0.3 is 0 Å². The highest BCUT2D eigenvalue weighted by atomic mass is 35.5. The van der Waals surface area contributed by atoms with E-state index in [4.69, 9.17) is 23.2 Å². The SMILES string of the molecule is Oc1cc(Cl)c(C#CCS)cc1Cl. The third-order valence-corrected chi connectivity index (χ3v) is 2.11. The number of hydrogen-bond donors (Lipinski definition) is 2. The van der Waals surface area contributed by atoms with Gasteiger partial charge in [-0.05, 0) is 6.07 Å². The quantitative estimate of drug-likeness (QED) is 0.521. The van der Waals surface area contributed by atoms with E-state index < -0.39 is 0 Å². The van der Waals surface area contributed by atoms with Crippen LogP contribution in [-0.2, 0) is 0 Å². The van der Waals surface area contributed by atoms with E-state index in [1.807, 2.05) is 0 Å². The highest BCUT2D eigenvalue weighted by molar-refractivity contribution is 7.80. The van der Waals surface area contributed by atoms with Crippen molar-refractivity contribution in [1.29, 1.82) is 0 Å². The molecule has 0 unspecified atom stereocenters. The van der Waals surface area contributed by atoms with Crippen LogP contribution in [-0.4, -0.2) is 10.9 Å². The van der Waals surface area contributed by atoms with Crippen LogP contribution in [0.5, 0.6) is 5.75 Å². The second kappa shape index (κ2) is 4.66. The topological polar surface area (TPSA) is 20.2 Å². The summed E-state index contributed by atoms with van der Waals surface area (Å²) in [5, 5.41) is 9.80. The van der Waals surface area contributed by atoms with Crippen LogP contribution in [0.25, 0.3) is 0 Å². The van der Waals surface area contributed by atoms with Crippen molar-refractivity contribution in [2.24, 2.45) is 0 Å². The molecule has 1 aromatic carbocycles. The third-order valence-electron chi connectivity index (χ3n) is 1.34. The zero-order valence-corrected chi connectivity index (χ0v) is 8.92. The number of phenols is 1. The second-order valence-electron chi connectivity index (χ2n) is 2.24. The van der Waals surface area contributed by atoms with Gasteiger partial charge in [0, 0.05) is 11.6 Å². The average molecular weight is 233 g/mol. The Labute approximate surface area is 92.1 Å². The summed E-state index contributed by atoms with van der Waals surface area (Å²) in [4.78, 5) is 0. The summed E-state index contributed by atoms with van der Waals surface area (Å²) >= 11 is 15.4. The normalized spacial score (nSPS) is 9.15. The summed E-state index contributed by atoms with van der Waals surface area (Å²) in [6, 6.07) is 2.89. The maximum atomic E-state index is 9.17. The molecule has 0 fully saturated rings. The van der Waals surface area contributed by atoms with Crippen LogP contribution in [0.2, 0.25) is 10.0 Å². The Morgan fingerprint density at radius 1 is 1.31 bits per heavy atom. The van der Waals surface area contributed by atoms with Crippen molar-refractivity contribution in [3.63, 3.8) is 0 Å². The first-order valence-electron chi connectivity index (χ1n) is 3.43. The van der Waals surface area contributed by atoms with Gasteiger partial charge in [-0.1, -0.05) is 35.0 Å². The third kappa shape index (κ3) is 2.73. The van der Waals surface area contributed by atoms with Crippen molar-refractivity contribution in [1.82, 2.24) is 0 Å². The van der Waals surface area contributed by atoms with Gasteiger partial charge in [0.1, 0.15) is 5.75 Å².